The average molecular weight is 552 g/mol. The molecule has 0 unspecified atom stereocenters. The molecule has 0 atom stereocenters. The molecule has 1 aliphatic rings. The summed E-state index contributed by atoms with van der Waals surface area (Å²) in [5, 5.41) is 12.4. The number of aryl methyl sites for hydroxylation is 1. The second-order valence-electron chi connectivity index (χ2n) is 11.7. The van der Waals surface area contributed by atoms with E-state index in [1.807, 2.05) is 72.5 Å². The summed E-state index contributed by atoms with van der Waals surface area (Å²) in [5.74, 6) is -0.792. The molecule has 1 aromatic heterocycles. The van der Waals surface area contributed by atoms with Gasteiger partial charge >= 0.3 is 0 Å². The smallest absolute Gasteiger partial charge is 0.297 e. The fourth-order valence-corrected chi connectivity index (χ4v) is 5.11. The van der Waals surface area contributed by atoms with Crippen LogP contribution in [-0.2, 0) is 21.4 Å². The van der Waals surface area contributed by atoms with E-state index in [1.54, 1.807) is 10.7 Å². The van der Waals surface area contributed by atoms with Crippen molar-refractivity contribution in [2.75, 3.05) is 31.5 Å². The Hall–Kier alpha value is -4.30. The minimum absolute atomic E-state index is 0.106. The third-order valence-electron chi connectivity index (χ3n) is 7.52. The summed E-state index contributed by atoms with van der Waals surface area (Å²) in [5.41, 5.74) is 3.84. The van der Waals surface area contributed by atoms with Crippen LogP contribution in [0.2, 0.25) is 0 Å². The summed E-state index contributed by atoms with van der Waals surface area (Å²) in [7, 11) is 0. The molecule has 0 spiro atoms. The Bertz CT molecular complexity index is 1600. The fraction of sp³-hybridized carbons (Fsp3) is 0.333. The van der Waals surface area contributed by atoms with Crippen LogP contribution in [0.4, 0.5) is 5.82 Å². The number of ketones is 1. The number of amides is 2. The first-order chi connectivity index (χ1) is 19.6. The number of rotatable bonds is 7. The highest BCUT2D eigenvalue weighted by atomic mass is 16.2. The highest BCUT2D eigenvalue weighted by molar-refractivity contribution is 6.48. The highest BCUT2D eigenvalue weighted by Gasteiger charge is 2.25. The molecule has 0 radical (unpaired) electrons. The van der Waals surface area contributed by atoms with Crippen LogP contribution in [0.3, 0.4) is 0 Å². The van der Waals surface area contributed by atoms with E-state index in [4.69, 9.17) is 5.10 Å². The van der Waals surface area contributed by atoms with Crippen LogP contribution in [0.15, 0.2) is 66.7 Å². The number of benzene rings is 3. The van der Waals surface area contributed by atoms with Gasteiger partial charge in [0.2, 0.25) is 5.91 Å². The Balaban J connectivity index is 1.41. The molecule has 8 nitrogen and oxygen atoms in total. The maximum Gasteiger partial charge on any atom is 0.297 e. The average Bonchev–Trinajstić information content (AvgIpc) is 3.27. The predicted molar refractivity (Wildman–Crippen MR) is 162 cm³/mol. The number of nitrogens with zero attached hydrogens (tertiary/aromatic N) is 3. The standard InChI is InChI=1S/C33H37N5O3/c1-22-10-13-24(14-11-22)38-29(20-28(36-38)33(2,3)4)35-32(41)31(40)27-15-12-23(25-8-5-6-9-26(25)27)16-19-37-18-7-17-34-21-30(37)39/h5-6,8-15,20,34H,7,16-19,21H2,1-4H3,(H,35,41). The molecule has 3 aromatic carbocycles. The highest BCUT2D eigenvalue weighted by Crippen LogP contribution is 2.28. The number of aromatic nitrogens is 2. The van der Waals surface area contributed by atoms with Crippen molar-refractivity contribution in [3.05, 3.63) is 89.1 Å². The topological polar surface area (TPSA) is 96.3 Å². The van der Waals surface area contributed by atoms with Gasteiger partial charge in [-0.15, -0.1) is 0 Å². The van der Waals surface area contributed by atoms with Gasteiger partial charge in [0.25, 0.3) is 11.7 Å². The summed E-state index contributed by atoms with van der Waals surface area (Å²) in [4.78, 5) is 41.3. The molecule has 0 bridgehead atoms. The molecule has 2 N–H and O–H groups in total. The van der Waals surface area contributed by atoms with Crippen molar-refractivity contribution in [1.29, 1.82) is 0 Å². The number of hydrogen-bond acceptors (Lipinski definition) is 5. The van der Waals surface area contributed by atoms with Crippen molar-refractivity contribution >= 4 is 34.2 Å². The molecule has 8 heteroatoms. The largest absolute Gasteiger partial charge is 0.341 e. The van der Waals surface area contributed by atoms with Gasteiger partial charge in [-0.3, -0.25) is 14.4 Å². The van der Waals surface area contributed by atoms with Crippen LogP contribution in [0.25, 0.3) is 16.5 Å². The van der Waals surface area contributed by atoms with E-state index in [0.717, 1.165) is 52.8 Å². The van der Waals surface area contributed by atoms with Crippen molar-refractivity contribution in [3.63, 3.8) is 0 Å². The fourth-order valence-electron chi connectivity index (χ4n) is 5.11. The number of fused-ring (bicyclic) bond motifs is 1. The van der Waals surface area contributed by atoms with Crippen molar-refractivity contribution in [1.82, 2.24) is 20.0 Å². The quantitative estimate of drug-likeness (QED) is 0.254. The van der Waals surface area contributed by atoms with Gasteiger partial charge in [0.1, 0.15) is 5.82 Å². The number of carbonyl (C=O) groups excluding carboxylic acids is 3. The minimum atomic E-state index is -0.723. The molecule has 0 saturated carbocycles. The molecular formula is C33H37N5O3. The van der Waals surface area contributed by atoms with Crippen LogP contribution in [0.1, 0.15) is 54.4 Å². The first kappa shape index (κ1) is 28.2. The Morgan fingerprint density at radius 3 is 2.46 bits per heavy atom. The summed E-state index contributed by atoms with van der Waals surface area (Å²) in [6.07, 6.45) is 1.59. The zero-order valence-electron chi connectivity index (χ0n) is 24.2. The van der Waals surface area contributed by atoms with Crippen LogP contribution < -0.4 is 10.6 Å². The van der Waals surface area contributed by atoms with Crippen LogP contribution >= 0.6 is 0 Å². The number of anilines is 1. The first-order valence-corrected chi connectivity index (χ1v) is 14.1. The lowest BCUT2D eigenvalue weighted by Crippen LogP contribution is -2.36. The molecule has 4 aromatic rings. The minimum Gasteiger partial charge on any atom is -0.341 e. The van der Waals surface area contributed by atoms with Crippen molar-refractivity contribution < 1.29 is 14.4 Å². The van der Waals surface area contributed by atoms with Gasteiger partial charge in [-0.1, -0.05) is 68.8 Å². The molecule has 2 heterocycles. The maximum absolute atomic E-state index is 13.6. The number of nitrogens with one attached hydrogen (secondary N) is 2. The summed E-state index contributed by atoms with van der Waals surface area (Å²) in [6.45, 7) is 10.7. The van der Waals surface area contributed by atoms with Gasteiger partial charge in [0.15, 0.2) is 0 Å². The Kier molecular flexibility index (Phi) is 8.03. The molecule has 1 aliphatic heterocycles. The van der Waals surface area contributed by atoms with Crippen molar-refractivity contribution in [2.24, 2.45) is 0 Å². The van der Waals surface area contributed by atoms with E-state index >= 15 is 0 Å². The van der Waals surface area contributed by atoms with Gasteiger partial charge in [-0.25, -0.2) is 4.68 Å². The second-order valence-corrected chi connectivity index (χ2v) is 11.7. The Morgan fingerprint density at radius 1 is 1.00 bits per heavy atom. The van der Waals surface area contributed by atoms with E-state index in [0.29, 0.717) is 30.9 Å². The normalized spacial score (nSPS) is 14.2. The molecule has 5 rings (SSSR count). The van der Waals surface area contributed by atoms with E-state index < -0.39 is 11.7 Å². The van der Waals surface area contributed by atoms with E-state index in [2.05, 4.69) is 31.4 Å². The lowest BCUT2D eigenvalue weighted by atomic mass is 9.92. The molecule has 41 heavy (non-hydrogen) atoms. The summed E-state index contributed by atoms with van der Waals surface area (Å²) < 4.78 is 1.67. The second kappa shape index (κ2) is 11.7. The third kappa shape index (κ3) is 6.23. The Morgan fingerprint density at radius 2 is 1.73 bits per heavy atom. The van der Waals surface area contributed by atoms with Gasteiger partial charge in [-0.2, -0.15) is 5.10 Å². The van der Waals surface area contributed by atoms with Crippen LogP contribution in [0, 0.1) is 6.92 Å². The Labute approximate surface area is 240 Å². The van der Waals surface area contributed by atoms with Crippen molar-refractivity contribution in [3.8, 4) is 5.69 Å². The SMILES string of the molecule is Cc1ccc(-n2nc(C(C)(C)C)cc2NC(=O)C(=O)c2ccc(CCN3CCCNCC3=O)c3ccccc23)cc1. The number of carbonyl (C=O) groups is 3. The summed E-state index contributed by atoms with van der Waals surface area (Å²) in [6, 6.07) is 20.9. The lowest BCUT2D eigenvalue weighted by molar-refractivity contribution is -0.129. The zero-order valence-corrected chi connectivity index (χ0v) is 24.2. The molecule has 1 fully saturated rings. The molecule has 0 aliphatic carbocycles. The van der Waals surface area contributed by atoms with E-state index in [-0.39, 0.29) is 11.3 Å². The first-order valence-electron chi connectivity index (χ1n) is 14.1. The van der Waals surface area contributed by atoms with Crippen LogP contribution in [0.5, 0.6) is 0 Å². The maximum atomic E-state index is 13.6. The van der Waals surface area contributed by atoms with Gasteiger partial charge in [-0.05, 0) is 60.8 Å². The number of hydrogen-bond donors (Lipinski definition) is 2. The monoisotopic (exact) mass is 551 g/mol. The lowest BCUT2D eigenvalue weighted by Gasteiger charge is -2.20. The zero-order chi connectivity index (χ0) is 29.1. The van der Waals surface area contributed by atoms with Crippen LogP contribution in [-0.4, -0.2) is 58.5 Å². The predicted octanol–water partition coefficient (Wildman–Crippen LogP) is 4.82. The summed E-state index contributed by atoms with van der Waals surface area (Å²) >= 11 is 0. The van der Waals surface area contributed by atoms with Gasteiger partial charge in [0.05, 0.1) is 17.9 Å². The molecule has 2 amide bonds. The molecule has 1 saturated heterocycles. The third-order valence-corrected chi connectivity index (χ3v) is 7.52. The number of Topliss-reactive ketones (excluding diaryl/α,β-unsaturated/α-hetero) is 1. The van der Waals surface area contributed by atoms with E-state index in [1.165, 1.54) is 0 Å². The van der Waals surface area contributed by atoms with Crippen molar-refractivity contribution in [2.45, 2.75) is 46.0 Å². The van der Waals surface area contributed by atoms with Gasteiger partial charge < -0.3 is 15.5 Å². The van der Waals surface area contributed by atoms with E-state index in [9.17, 15) is 14.4 Å². The van der Waals surface area contributed by atoms with Gasteiger partial charge in [0, 0.05) is 30.1 Å². The molecular weight excluding hydrogens is 514 g/mol. The molecule has 212 valence electrons.